The molecule has 3 heterocycles. The molecule has 7 nitrogen and oxygen atoms in total. The lowest BCUT2D eigenvalue weighted by Gasteiger charge is -2.40. The number of nitrogens with two attached hydrogens (primary N) is 1. The molecule has 7 heteroatoms. The molecule has 0 spiro atoms. The van der Waals surface area contributed by atoms with E-state index in [0.29, 0.717) is 11.5 Å². The zero-order valence-electron chi connectivity index (χ0n) is 11.5. The Labute approximate surface area is 121 Å². The molecular formula is C14H16N6O. The van der Waals surface area contributed by atoms with Gasteiger partial charge in [-0.05, 0) is 12.8 Å². The van der Waals surface area contributed by atoms with Gasteiger partial charge in [0, 0.05) is 37.6 Å². The zero-order valence-corrected chi connectivity index (χ0v) is 11.5. The summed E-state index contributed by atoms with van der Waals surface area (Å²) >= 11 is 0. The summed E-state index contributed by atoms with van der Waals surface area (Å²) in [7, 11) is 0. The Hall–Kier alpha value is -2.44. The van der Waals surface area contributed by atoms with E-state index in [1.807, 2.05) is 4.68 Å². The van der Waals surface area contributed by atoms with Gasteiger partial charge >= 0.3 is 0 Å². The van der Waals surface area contributed by atoms with Gasteiger partial charge < -0.3 is 10.6 Å². The van der Waals surface area contributed by atoms with Gasteiger partial charge in [0.1, 0.15) is 0 Å². The van der Waals surface area contributed by atoms with Crippen LogP contribution in [-0.4, -0.2) is 38.7 Å². The lowest BCUT2D eigenvalue weighted by atomic mass is 10.1. The molecule has 2 aliphatic rings. The van der Waals surface area contributed by atoms with E-state index in [9.17, 15) is 4.79 Å². The molecule has 1 aliphatic carbocycles. The van der Waals surface area contributed by atoms with Crippen molar-refractivity contribution in [2.45, 2.75) is 24.8 Å². The molecule has 0 atom stereocenters. The molecule has 2 fully saturated rings. The van der Waals surface area contributed by atoms with Crippen molar-refractivity contribution in [1.29, 1.82) is 0 Å². The summed E-state index contributed by atoms with van der Waals surface area (Å²) in [4.78, 5) is 22.3. The Balaban J connectivity index is 1.48. The lowest BCUT2D eigenvalue weighted by molar-refractivity contribution is 0.1000. The fourth-order valence-corrected chi connectivity index (χ4v) is 2.69. The highest BCUT2D eigenvalue weighted by molar-refractivity contribution is 5.92. The van der Waals surface area contributed by atoms with Crippen LogP contribution in [0.15, 0.2) is 24.8 Å². The molecule has 1 aliphatic heterocycles. The minimum absolute atomic E-state index is 0.257. The van der Waals surface area contributed by atoms with Crippen LogP contribution in [0.2, 0.25) is 0 Å². The van der Waals surface area contributed by atoms with Crippen molar-refractivity contribution in [3.8, 4) is 0 Å². The third-order valence-electron chi connectivity index (χ3n) is 4.09. The number of aromatic nitrogens is 4. The van der Waals surface area contributed by atoms with Crippen molar-refractivity contribution >= 4 is 11.7 Å². The van der Waals surface area contributed by atoms with E-state index in [-0.39, 0.29) is 6.04 Å². The summed E-state index contributed by atoms with van der Waals surface area (Å²) in [6.07, 6.45) is 9.16. The molecule has 2 aromatic heterocycles. The van der Waals surface area contributed by atoms with Crippen molar-refractivity contribution < 1.29 is 4.79 Å². The first-order valence-electron chi connectivity index (χ1n) is 7.12. The topological polar surface area (TPSA) is 89.9 Å². The maximum absolute atomic E-state index is 11.1. The molecule has 1 saturated carbocycles. The quantitative estimate of drug-likeness (QED) is 0.893. The number of rotatable bonds is 4. The average molecular weight is 284 g/mol. The number of nitrogens with zero attached hydrogens (tertiary/aromatic N) is 5. The molecule has 2 N–H and O–H groups in total. The highest BCUT2D eigenvalue weighted by Crippen LogP contribution is 2.43. The van der Waals surface area contributed by atoms with Gasteiger partial charge in [0.15, 0.2) is 5.82 Å². The van der Waals surface area contributed by atoms with Crippen molar-refractivity contribution in [2.75, 3.05) is 18.0 Å². The third-order valence-corrected chi connectivity index (χ3v) is 4.09. The van der Waals surface area contributed by atoms with E-state index < -0.39 is 5.91 Å². The van der Waals surface area contributed by atoms with Crippen molar-refractivity contribution in [3.63, 3.8) is 0 Å². The van der Waals surface area contributed by atoms with Gasteiger partial charge in [0.05, 0.1) is 23.5 Å². The van der Waals surface area contributed by atoms with Gasteiger partial charge in [0.2, 0.25) is 0 Å². The van der Waals surface area contributed by atoms with Gasteiger partial charge in [-0.1, -0.05) is 0 Å². The summed E-state index contributed by atoms with van der Waals surface area (Å²) in [5.74, 6) is 1.14. The maximum atomic E-state index is 11.1. The van der Waals surface area contributed by atoms with E-state index in [1.54, 1.807) is 18.6 Å². The second kappa shape index (κ2) is 4.54. The van der Waals surface area contributed by atoms with Crippen LogP contribution in [0.25, 0.3) is 0 Å². The highest BCUT2D eigenvalue weighted by Gasteiger charge is 2.35. The molecule has 0 aromatic carbocycles. The second-order valence-corrected chi connectivity index (χ2v) is 5.67. The molecular weight excluding hydrogens is 268 g/mol. The summed E-state index contributed by atoms with van der Waals surface area (Å²) in [5, 5.41) is 4.21. The average Bonchev–Trinajstić information content (AvgIpc) is 3.16. The predicted octanol–water partition coefficient (Wildman–Crippen LogP) is 0.711. The highest BCUT2D eigenvalue weighted by atomic mass is 16.1. The van der Waals surface area contributed by atoms with Gasteiger partial charge in [0.25, 0.3) is 5.91 Å². The number of hydrogen-bond donors (Lipinski definition) is 1. The van der Waals surface area contributed by atoms with Crippen LogP contribution < -0.4 is 10.6 Å². The summed E-state index contributed by atoms with van der Waals surface area (Å²) in [6.45, 7) is 1.66. The largest absolute Gasteiger partial charge is 0.366 e. The summed E-state index contributed by atoms with van der Waals surface area (Å²) < 4.78 is 1.81. The lowest BCUT2D eigenvalue weighted by Crippen LogP contribution is -2.48. The number of hydrogen-bond acceptors (Lipinski definition) is 5. The predicted molar refractivity (Wildman–Crippen MR) is 76.0 cm³/mol. The van der Waals surface area contributed by atoms with Crippen molar-refractivity contribution in [3.05, 3.63) is 36.0 Å². The first-order chi connectivity index (χ1) is 10.2. The van der Waals surface area contributed by atoms with Gasteiger partial charge in [-0.15, -0.1) is 0 Å². The minimum atomic E-state index is -0.442. The van der Waals surface area contributed by atoms with E-state index in [4.69, 9.17) is 5.73 Å². The molecule has 21 heavy (non-hydrogen) atoms. The first-order valence-corrected chi connectivity index (χ1v) is 7.12. The maximum Gasteiger partial charge on any atom is 0.251 e. The second-order valence-electron chi connectivity index (χ2n) is 5.67. The smallest absolute Gasteiger partial charge is 0.251 e. The number of carbonyl (C=O) groups excluding carboxylic acids is 1. The standard InChI is InChI=1S/C14H16N6O/c15-13(21)10-5-18-20(6-10)11-7-19(8-11)14-12(9-1-2-9)16-3-4-17-14/h3-6,9,11H,1-2,7-8H2,(H2,15,21). The Kier molecular flexibility index (Phi) is 2.66. The molecule has 0 bridgehead atoms. The monoisotopic (exact) mass is 284 g/mol. The minimum Gasteiger partial charge on any atom is -0.366 e. The summed E-state index contributed by atoms with van der Waals surface area (Å²) in [5.41, 5.74) is 6.81. The number of anilines is 1. The van der Waals surface area contributed by atoms with Crippen molar-refractivity contribution in [1.82, 2.24) is 19.7 Å². The molecule has 2 aromatic rings. The SMILES string of the molecule is NC(=O)c1cnn(C2CN(c3nccnc3C3CC3)C2)c1. The normalized spacial score (nSPS) is 18.6. The molecule has 1 amide bonds. The number of primary amides is 1. The summed E-state index contributed by atoms with van der Waals surface area (Å²) in [6, 6.07) is 0.257. The van der Waals surface area contributed by atoms with Gasteiger partial charge in [-0.3, -0.25) is 14.5 Å². The number of carbonyl (C=O) groups is 1. The van der Waals surface area contributed by atoms with Crippen LogP contribution in [0.1, 0.15) is 40.9 Å². The fourth-order valence-electron chi connectivity index (χ4n) is 2.69. The van der Waals surface area contributed by atoms with Crippen LogP contribution in [0.3, 0.4) is 0 Å². The van der Waals surface area contributed by atoms with Crippen molar-refractivity contribution in [2.24, 2.45) is 5.73 Å². The van der Waals surface area contributed by atoms with E-state index in [0.717, 1.165) is 24.6 Å². The first kappa shape index (κ1) is 12.3. The van der Waals surface area contributed by atoms with E-state index >= 15 is 0 Å². The number of amides is 1. The Morgan fingerprint density at radius 2 is 2.00 bits per heavy atom. The van der Waals surface area contributed by atoms with Crippen LogP contribution in [-0.2, 0) is 0 Å². The van der Waals surface area contributed by atoms with Crippen LogP contribution in [0.4, 0.5) is 5.82 Å². The zero-order chi connectivity index (χ0) is 14.4. The van der Waals surface area contributed by atoms with E-state index in [1.165, 1.54) is 19.0 Å². The molecule has 108 valence electrons. The van der Waals surface area contributed by atoms with E-state index in [2.05, 4.69) is 20.0 Å². The molecule has 1 saturated heterocycles. The molecule has 4 rings (SSSR count). The molecule has 0 radical (unpaired) electrons. The van der Waals surface area contributed by atoms with Crippen LogP contribution in [0, 0.1) is 0 Å². The van der Waals surface area contributed by atoms with Crippen LogP contribution >= 0.6 is 0 Å². The third kappa shape index (κ3) is 2.14. The van der Waals surface area contributed by atoms with Gasteiger partial charge in [-0.25, -0.2) is 4.98 Å². The Morgan fingerprint density at radius 3 is 2.67 bits per heavy atom. The fraction of sp³-hybridized carbons (Fsp3) is 0.429. The van der Waals surface area contributed by atoms with Gasteiger partial charge in [-0.2, -0.15) is 5.10 Å². The van der Waals surface area contributed by atoms with Crippen LogP contribution in [0.5, 0.6) is 0 Å². The Bertz CT molecular complexity index is 686. The molecule has 0 unspecified atom stereocenters. The Morgan fingerprint density at radius 1 is 1.24 bits per heavy atom.